The molecular weight excluding hydrogens is 507 g/mol. The minimum atomic E-state index is -0.421. The van der Waals surface area contributed by atoms with Crippen molar-refractivity contribution in [3.63, 3.8) is 0 Å². The monoisotopic (exact) mass is 526 g/mol. The van der Waals surface area contributed by atoms with Crippen molar-refractivity contribution in [1.82, 2.24) is 14.8 Å². The fourth-order valence-corrected chi connectivity index (χ4v) is 5.79. The number of rotatable bonds is 8. The van der Waals surface area contributed by atoms with Crippen molar-refractivity contribution in [2.75, 3.05) is 18.2 Å². The van der Waals surface area contributed by atoms with Crippen molar-refractivity contribution < 1.29 is 19.1 Å². The van der Waals surface area contributed by atoms with Gasteiger partial charge in [-0.15, -0.1) is 21.5 Å². The molecule has 0 unspecified atom stereocenters. The molecule has 0 radical (unpaired) electrons. The second kappa shape index (κ2) is 10.3. The molecule has 1 aliphatic carbocycles. The van der Waals surface area contributed by atoms with Crippen molar-refractivity contribution in [2.24, 2.45) is 7.05 Å². The number of halogens is 2. The quantitative estimate of drug-likeness (QED) is 0.333. The van der Waals surface area contributed by atoms with Crippen LogP contribution in [0.3, 0.4) is 0 Å². The van der Waals surface area contributed by atoms with E-state index in [4.69, 9.17) is 32.7 Å². The standard InChI is InChI=1S/C21H20Cl2N4O4S2/c1-27-16(9-31-14-8-11(22)6-7-13(14)23)25-26-21(27)32-10-17(28)24-19-18(20(29)30-2)12-4-3-5-15(12)33-19/h6-8H,3-5,9-10H2,1-2H3,(H,24,28). The smallest absolute Gasteiger partial charge is 0.341 e. The van der Waals surface area contributed by atoms with E-state index < -0.39 is 5.97 Å². The fraction of sp³-hybridized carbons (Fsp3) is 0.333. The number of anilines is 1. The Hall–Kier alpha value is -2.27. The Kier molecular flexibility index (Phi) is 7.48. The molecule has 0 saturated heterocycles. The van der Waals surface area contributed by atoms with Crippen LogP contribution in [0.2, 0.25) is 10.0 Å². The van der Waals surface area contributed by atoms with E-state index in [1.807, 2.05) is 0 Å². The van der Waals surface area contributed by atoms with Crippen LogP contribution < -0.4 is 10.1 Å². The van der Waals surface area contributed by atoms with Crippen LogP contribution in [-0.4, -0.2) is 39.5 Å². The molecule has 0 bridgehead atoms. The normalized spacial score (nSPS) is 12.5. The highest BCUT2D eigenvalue weighted by Crippen LogP contribution is 2.39. The van der Waals surface area contributed by atoms with E-state index in [0.717, 1.165) is 29.7 Å². The average Bonchev–Trinajstić information content (AvgIpc) is 3.47. The van der Waals surface area contributed by atoms with Crippen LogP contribution in [0.4, 0.5) is 5.00 Å². The molecule has 12 heteroatoms. The van der Waals surface area contributed by atoms with Crippen molar-refractivity contribution in [3.05, 3.63) is 50.1 Å². The number of ether oxygens (including phenoxy) is 2. The lowest BCUT2D eigenvalue weighted by atomic mass is 10.1. The van der Waals surface area contributed by atoms with Gasteiger partial charge in [0, 0.05) is 23.0 Å². The molecule has 0 saturated carbocycles. The van der Waals surface area contributed by atoms with E-state index in [1.54, 1.807) is 29.8 Å². The lowest BCUT2D eigenvalue weighted by Crippen LogP contribution is -2.16. The molecule has 2 aromatic heterocycles. The molecule has 4 rings (SSSR count). The van der Waals surface area contributed by atoms with Gasteiger partial charge in [0.1, 0.15) is 17.4 Å². The summed E-state index contributed by atoms with van der Waals surface area (Å²) in [6, 6.07) is 4.96. The first kappa shape index (κ1) is 23.9. The SMILES string of the molecule is COC(=O)c1c(NC(=O)CSc2nnc(COc3cc(Cl)ccc3Cl)n2C)sc2c1CCC2. The lowest BCUT2D eigenvalue weighted by molar-refractivity contribution is -0.113. The van der Waals surface area contributed by atoms with Crippen LogP contribution in [0.1, 0.15) is 33.0 Å². The number of aromatic nitrogens is 3. The summed E-state index contributed by atoms with van der Waals surface area (Å²) in [5.41, 5.74) is 1.47. The van der Waals surface area contributed by atoms with Gasteiger partial charge in [-0.1, -0.05) is 35.0 Å². The summed E-state index contributed by atoms with van der Waals surface area (Å²) in [6.07, 6.45) is 2.75. The van der Waals surface area contributed by atoms with Gasteiger partial charge < -0.3 is 19.4 Å². The first-order valence-corrected chi connectivity index (χ1v) is 12.5. The first-order valence-electron chi connectivity index (χ1n) is 9.99. The van der Waals surface area contributed by atoms with Crippen LogP contribution in [0, 0.1) is 0 Å². The molecule has 0 fully saturated rings. The number of carbonyl (C=O) groups excluding carboxylic acids is 2. The Balaban J connectivity index is 1.36. The largest absolute Gasteiger partial charge is 0.484 e. The van der Waals surface area contributed by atoms with E-state index in [2.05, 4.69) is 15.5 Å². The Morgan fingerprint density at radius 2 is 2.09 bits per heavy atom. The van der Waals surface area contributed by atoms with Crippen molar-refractivity contribution in [2.45, 2.75) is 31.0 Å². The highest BCUT2D eigenvalue weighted by molar-refractivity contribution is 7.99. The van der Waals surface area contributed by atoms with Crippen LogP contribution in [-0.2, 0) is 36.0 Å². The number of nitrogens with zero attached hydrogens (tertiary/aromatic N) is 3. The molecule has 174 valence electrons. The van der Waals surface area contributed by atoms with E-state index >= 15 is 0 Å². The molecule has 1 aliphatic rings. The van der Waals surface area contributed by atoms with Crippen molar-refractivity contribution in [1.29, 1.82) is 0 Å². The number of benzene rings is 1. The van der Waals surface area contributed by atoms with Crippen LogP contribution >= 0.6 is 46.3 Å². The number of hydrogen-bond donors (Lipinski definition) is 1. The highest BCUT2D eigenvalue weighted by Gasteiger charge is 2.28. The van der Waals surface area contributed by atoms with E-state index in [0.29, 0.717) is 37.3 Å². The van der Waals surface area contributed by atoms with Crippen molar-refractivity contribution in [3.8, 4) is 5.75 Å². The summed E-state index contributed by atoms with van der Waals surface area (Å²) in [5, 5.41) is 13.2. The predicted molar refractivity (Wildman–Crippen MR) is 129 cm³/mol. The van der Waals surface area contributed by atoms with Gasteiger partial charge in [-0.2, -0.15) is 0 Å². The summed E-state index contributed by atoms with van der Waals surface area (Å²) in [5.74, 6) is 0.462. The molecule has 1 aromatic carbocycles. The van der Waals surface area contributed by atoms with Crippen molar-refractivity contribution >= 4 is 63.2 Å². The summed E-state index contributed by atoms with van der Waals surface area (Å²) in [4.78, 5) is 26.0. The molecule has 8 nitrogen and oxygen atoms in total. The van der Waals surface area contributed by atoms with Gasteiger partial charge >= 0.3 is 5.97 Å². The number of aryl methyl sites for hydroxylation is 1. The summed E-state index contributed by atoms with van der Waals surface area (Å²) < 4.78 is 12.4. The zero-order valence-corrected chi connectivity index (χ0v) is 21.0. The van der Waals surface area contributed by atoms with Gasteiger partial charge in [-0.05, 0) is 37.0 Å². The molecular formula is C21H20Cl2N4O4S2. The third kappa shape index (κ3) is 5.29. The minimum absolute atomic E-state index is 0.107. The number of carbonyl (C=O) groups is 2. The molecule has 33 heavy (non-hydrogen) atoms. The second-order valence-corrected chi connectivity index (χ2v) is 10.1. The van der Waals surface area contributed by atoms with E-state index in [1.165, 1.54) is 30.2 Å². The molecule has 1 amide bonds. The third-order valence-corrected chi connectivity index (χ3v) is 7.85. The Labute approximate surface area is 208 Å². The molecule has 0 atom stereocenters. The van der Waals surface area contributed by atoms with Crippen LogP contribution in [0.25, 0.3) is 0 Å². The number of thiophene rings is 1. The number of thioether (sulfide) groups is 1. The lowest BCUT2D eigenvalue weighted by Gasteiger charge is -2.09. The molecule has 1 N–H and O–H groups in total. The molecule has 3 aromatic rings. The topological polar surface area (TPSA) is 95.3 Å². The zero-order valence-electron chi connectivity index (χ0n) is 17.8. The summed E-state index contributed by atoms with van der Waals surface area (Å²) >= 11 is 14.8. The Bertz CT molecular complexity index is 1210. The average molecular weight is 527 g/mol. The van der Waals surface area contributed by atoms with Gasteiger partial charge in [-0.25, -0.2) is 4.79 Å². The highest BCUT2D eigenvalue weighted by atomic mass is 35.5. The zero-order chi connectivity index (χ0) is 23.5. The number of methoxy groups -OCH3 is 1. The number of esters is 1. The minimum Gasteiger partial charge on any atom is -0.484 e. The maximum atomic E-state index is 12.6. The number of hydrogen-bond acceptors (Lipinski definition) is 8. The van der Waals surface area contributed by atoms with Gasteiger partial charge in [0.05, 0.1) is 23.4 Å². The van der Waals surface area contributed by atoms with Crippen LogP contribution in [0.5, 0.6) is 5.75 Å². The Morgan fingerprint density at radius 1 is 1.27 bits per heavy atom. The number of amides is 1. The van der Waals surface area contributed by atoms with Gasteiger partial charge in [-0.3, -0.25) is 4.79 Å². The number of fused-ring (bicyclic) bond motifs is 1. The maximum Gasteiger partial charge on any atom is 0.341 e. The number of nitrogens with one attached hydrogen (secondary N) is 1. The van der Waals surface area contributed by atoms with Gasteiger partial charge in [0.15, 0.2) is 11.0 Å². The predicted octanol–water partition coefficient (Wildman–Crippen LogP) is 4.77. The van der Waals surface area contributed by atoms with Gasteiger partial charge in [0.2, 0.25) is 5.91 Å². The third-order valence-electron chi connectivity index (χ3n) is 5.07. The summed E-state index contributed by atoms with van der Waals surface area (Å²) in [6.45, 7) is 0.138. The molecule has 0 spiro atoms. The molecule has 2 heterocycles. The second-order valence-electron chi connectivity index (χ2n) is 7.21. The van der Waals surface area contributed by atoms with Crippen LogP contribution in [0.15, 0.2) is 23.4 Å². The fourth-order valence-electron chi connectivity index (χ4n) is 3.43. The van der Waals surface area contributed by atoms with E-state index in [-0.39, 0.29) is 18.3 Å². The summed E-state index contributed by atoms with van der Waals surface area (Å²) in [7, 11) is 3.14. The Morgan fingerprint density at radius 3 is 2.88 bits per heavy atom. The molecule has 0 aliphatic heterocycles. The maximum absolute atomic E-state index is 12.6. The first-order chi connectivity index (χ1) is 15.9. The van der Waals surface area contributed by atoms with Gasteiger partial charge in [0.25, 0.3) is 0 Å². The van der Waals surface area contributed by atoms with E-state index in [9.17, 15) is 9.59 Å².